The van der Waals surface area contributed by atoms with E-state index in [1.165, 1.54) is 16.7 Å². The maximum absolute atomic E-state index is 10.8. The van der Waals surface area contributed by atoms with Crippen LogP contribution in [0.15, 0.2) is 18.2 Å². The van der Waals surface area contributed by atoms with E-state index in [2.05, 4.69) is 36.7 Å². The van der Waals surface area contributed by atoms with Crippen LogP contribution in [0.1, 0.15) is 22.7 Å². The summed E-state index contributed by atoms with van der Waals surface area (Å²) in [5.41, 5.74) is 6.12. The molecule has 18 heavy (non-hydrogen) atoms. The van der Waals surface area contributed by atoms with Crippen molar-refractivity contribution in [3.63, 3.8) is 0 Å². The second-order valence-corrected chi connectivity index (χ2v) is 4.62. The maximum atomic E-state index is 10.8. The molecule has 5 nitrogen and oxygen atoms in total. The Balaban J connectivity index is 2.27. The standard InChI is InChI=1S/C13H19N3O2/c1-9-4-3-5-11(10(9)2)12-8-14-6-7-16(12)15-13(17)18/h3-5,12,14-15H,6-8H2,1-2H3,(H,17,18). The number of carbonyl (C=O) groups is 1. The van der Waals surface area contributed by atoms with Crippen molar-refractivity contribution in [1.29, 1.82) is 0 Å². The molecule has 0 bridgehead atoms. The van der Waals surface area contributed by atoms with Crippen LogP contribution < -0.4 is 10.7 Å². The largest absolute Gasteiger partial charge is 0.464 e. The third-order valence-electron chi connectivity index (χ3n) is 3.49. The van der Waals surface area contributed by atoms with Gasteiger partial charge in [0.05, 0.1) is 6.04 Å². The summed E-state index contributed by atoms with van der Waals surface area (Å²) < 4.78 is 0. The maximum Gasteiger partial charge on any atom is 0.419 e. The van der Waals surface area contributed by atoms with E-state index in [-0.39, 0.29) is 6.04 Å². The molecule has 1 saturated heterocycles. The molecule has 1 unspecified atom stereocenters. The van der Waals surface area contributed by atoms with Gasteiger partial charge in [-0.1, -0.05) is 18.2 Å². The summed E-state index contributed by atoms with van der Waals surface area (Å²) in [6.45, 7) is 6.37. The van der Waals surface area contributed by atoms with Crippen molar-refractivity contribution >= 4 is 6.09 Å². The minimum absolute atomic E-state index is 0.0507. The van der Waals surface area contributed by atoms with Crippen molar-refractivity contribution in [2.75, 3.05) is 19.6 Å². The lowest BCUT2D eigenvalue weighted by Crippen LogP contribution is -2.53. The highest BCUT2D eigenvalue weighted by molar-refractivity contribution is 5.63. The lowest BCUT2D eigenvalue weighted by molar-refractivity contribution is 0.0873. The van der Waals surface area contributed by atoms with Crippen LogP contribution in [0.2, 0.25) is 0 Å². The highest BCUT2D eigenvalue weighted by atomic mass is 16.4. The Bertz CT molecular complexity index is 448. The van der Waals surface area contributed by atoms with Gasteiger partial charge in [0, 0.05) is 19.6 Å². The van der Waals surface area contributed by atoms with Gasteiger partial charge in [0.15, 0.2) is 0 Å². The molecule has 1 aromatic carbocycles. The Kier molecular flexibility index (Phi) is 3.84. The van der Waals surface area contributed by atoms with E-state index in [1.54, 1.807) is 5.01 Å². The predicted molar refractivity (Wildman–Crippen MR) is 69.4 cm³/mol. The molecule has 98 valence electrons. The third-order valence-corrected chi connectivity index (χ3v) is 3.49. The topological polar surface area (TPSA) is 64.6 Å². The van der Waals surface area contributed by atoms with Crippen molar-refractivity contribution in [2.24, 2.45) is 0 Å². The van der Waals surface area contributed by atoms with Crippen molar-refractivity contribution < 1.29 is 9.90 Å². The predicted octanol–water partition coefficient (Wildman–Crippen LogP) is 1.43. The molecule has 0 aromatic heterocycles. The van der Waals surface area contributed by atoms with Crippen LogP contribution in [-0.4, -0.2) is 35.8 Å². The van der Waals surface area contributed by atoms with Crippen molar-refractivity contribution in [3.8, 4) is 0 Å². The second-order valence-electron chi connectivity index (χ2n) is 4.62. The fraction of sp³-hybridized carbons (Fsp3) is 0.462. The number of carboxylic acid groups (broad SMARTS) is 1. The van der Waals surface area contributed by atoms with Crippen molar-refractivity contribution in [1.82, 2.24) is 15.8 Å². The summed E-state index contributed by atoms with van der Waals surface area (Å²) in [5, 5.41) is 14.0. The van der Waals surface area contributed by atoms with E-state index in [0.717, 1.165) is 13.1 Å². The zero-order chi connectivity index (χ0) is 13.1. The number of aryl methyl sites for hydroxylation is 1. The summed E-state index contributed by atoms with van der Waals surface area (Å²) in [4.78, 5) is 10.8. The SMILES string of the molecule is Cc1cccc(C2CNCCN2NC(=O)O)c1C. The molecular formula is C13H19N3O2. The van der Waals surface area contributed by atoms with Gasteiger partial charge in [0.2, 0.25) is 0 Å². The van der Waals surface area contributed by atoms with Crippen LogP contribution in [0.4, 0.5) is 4.79 Å². The van der Waals surface area contributed by atoms with Crippen LogP contribution in [0.3, 0.4) is 0 Å². The minimum Gasteiger partial charge on any atom is -0.464 e. The second kappa shape index (κ2) is 5.37. The van der Waals surface area contributed by atoms with Gasteiger partial charge in [-0.05, 0) is 30.5 Å². The molecule has 1 aliphatic heterocycles. The Morgan fingerprint density at radius 3 is 3.00 bits per heavy atom. The van der Waals surface area contributed by atoms with E-state index in [4.69, 9.17) is 5.11 Å². The average Bonchev–Trinajstić information content (AvgIpc) is 2.33. The lowest BCUT2D eigenvalue weighted by atomic mass is 9.96. The number of hydrogen-bond donors (Lipinski definition) is 3. The minimum atomic E-state index is -1.01. The van der Waals surface area contributed by atoms with E-state index in [1.807, 2.05) is 6.07 Å². The van der Waals surface area contributed by atoms with Gasteiger partial charge < -0.3 is 10.4 Å². The lowest BCUT2D eigenvalue weighted by Gasteiger charge is -2.36. The highest BCUT2D eigenvalue weighted by Crippen LogP contribution is 2.25. The zero-order valence-corrected chi connectivity index (χ0v) is 10.7. The van der Waals surface area contributed by atoms with E-state index < -0.39 is 6.09 Å². The van der Waals surface area contributed by atoms with Gasteiger partial charge in [-0.15, -0.1) is 0 Å². The van der Waals surface area contributed by atoms with Crippen LogP contribution in [0, 0.1) is 13.8 Å². The van der Waals surface area contributed by atoms with Crippen LogP contribution in [0.5, 0.6) is 0 Å². The molecule has 1 atom stereocenters. The molecule has 3 N–H and O–H groups in total. The Morgan fingerprint density at radius 2 is 2.28 bits per heavy atom. The first-order valence-corrected chi connectivity index (χ1v) is 6.12. The number of hydrazine groups is 1. The molecule has 0 spiro atoms. The molecule has 1 amide bonds. The quantitative estimate of drug-likeness (QED) is 0.742. The molecule has 1 aliphatic rings. The molecular weight excluding hydrogens is 230 g/mol. The molecule has 0 saturated carbocycles. The molecule has 2 rings (SSSR count). The monoisotopic (exact) mass is 249 g/mol. The number of nitrogens with zero attached hydrogens (tertiary/aromatic N) is 1. The third kappa shape index (κ3) is 2.63. The van der Waals surface area contributed by atoms with Gasteiger partial charge >= 0.3 is 6.09 Å². The summed E-state index contributed by atoms with van der Waals surface area (Å²) in [6.07, 6.45) is -1.01. The Morgan fingerprint density at radius 1 is 1.50 bits per heavy atom. The van der Waals surface area contributed by atoms with Gasteiger partial charge in [-0.3, -0.25) is 5.43 Å². The molecule has 1 heterocycles. The van der Waals surface area contributed by atoms with Crippen LogP contribution >= 0.6 is 0 Å². The number of rotatable bonds is 2. The van der Waals surface area contributed by atoms with Crippen LogP contribution in [0.25, 0.3) is 0 Å². The smallest absolute Gasteiger partial charge is 0.419 e. The van der Waals surface area contributed by atoms with Gasteiger partial charge in [0.25, 0.3) is 0 Å². The fourth-order valence-electron chi connectivity index (χ4n) is 2.37. The first-order valence-electron chi connectivity index (χ1n) is 6.12. The fourth-order valence-corrected chi connectivity index (χ4v) is 2.37. The molecule has 0 radical (unpaired) electrons. The Labute approximate surface area is 107 Å². The number of hydrogen-bond acceptors (Lipinski definition) is 3. The summed E-state index contributed by atoms with van der Waals surface area (Å²) in [6, 6.07) is 6.21. The zero-order valence-electron chi connectivity index (χ0n) is 10.7. The number of piperazine rings is 1. The summed E-state index contributed by atoms with van der Waals surface area (Å²) in [5.74, 6) is 0. The van der Waals surface area contributed by atoms with Gasteiger partial charge in [-0.25, -0.2) is 9.80 Å². The van der Waals surface area contributed by atoms with E-state index in [0.29, 0.717) is 6.54 Å². The molecule has 1 fully saturated rings. The Hall–Kier alpha value is -1.59. The van der Waals surface area contributed by atoms with Gasteiger partial charge in [0.1, 0.15) is 0 Å². The summed E-state index contributed by atoms with van der Waals surface area (Å²) >= 11 is 0. The van der Waals surface area contributed by atoms with Gasteiger partial charge in [-0.2, -0.15) is 0 Å². The number of amides is 1. The number of nitrogens with one attached hydrogen (secondary N) is 2. The van der Waals surface area contributed by atoms with E-state index in [9.17, 15) is 4.79 Å². The first kappa shape index (κ1) is 12.9. The van der Waals surface area contributed by atoms with Crippen LogP contribution in [-0.2, 0) is 0 Å². The average molecular weight is 249 g/mol. The van der Waals surface area contributed by atoms with Crippen molar-refractivity contribution in [2.45, 2.75) is 19.9 Å². The normalized spacial score (nSPS) is 20.7. The molecule has 5 heteroatoms. The molecule has 1 aromatic rings. The molecule has 0 aliphatic carbocycles. The highest BCUT2D eigenvalue weighted by Gasteiger charge is 2.26. The summed E-state index contributed by atoms with van der Waals surface area (Å²) in [7, 11) is 0. The van der Waals surface area contributed by atoms with Crippen molar-refractivity contribution in [3.05, 3.63) is 34.9 Å². The number of benzene rings is 1. The van der Waals surface area contributed by atoms with E-state index >= 15 is 0 Å². The first-order chi connectivity index (χ1) is 8.59.